The van der Waals surface area contributed by atoms with Crippen LogP contribution in [0.4, 0.5) is 5.69 Å². The monoisotopic (exact) mass is 474 g/mol. The Morgan fingerprint density at radius 1 is 1.23 bits per heavy atom. The number of nitrogens with one attached hydrogen (secondary N) is 1. The van der Waals surface area contributed by atoms with E-state index in [4.69, 9.17) is 10.5 Å². The number of rotatable bonds is 6. The Balaban J connectivity index is 1.46. The fraction of sp³-hybridized carbons (Fsp3) is 0.417. The van der Waals surface area contributed by atoms with Crippen LogP contribution in [0.15, 0.2) is 30.9 Å². The average Bonchev–Trinajstić information content (AvgIpc) is 3.42. The van der Waals surface area contributed by atoms with Gasteiger partial charge in [0.2, 0.25) is 5.91 Å². The lowest BCUT2D eigenvalue weighted by Crippen LogP contribution is -2.46. The zero-order valence-corrected chi connectivity index (χ0v) is 19.6. The first-order chi connectivity index (χ1) is 16.8. The number of hydrogen-bond donors (Lipinski definition) is 2. The summed E-state index contributed by atoms with van der Waals surface area (Å²) in [5.74, 6) is -0.593. The second-order valence-electron chi connectivity index (χ2n) is 9.30. The Morgan fingerprint density at radius 3 is 2.57 bits per heavy atom. The van der Waals surface area contributed by atoms with E-state index in [1.54, 1.807) is 21.8 Å². The molecule has 3 aromatic heterocycles. The highest BCUT2D eigenvalue weighted by atomic mass is 16.5. The number of hydrogen-bond acceptors (Lipinski definition) is 8. The molecule has 1 saturated carbocycles. The van der Waals surface area contributed by atoms with Crippen molar-refractivity contribution in [2.24, 2.45) is 17.1 Å². The van der Waals surface area contributed by atoms with Gasteiger partial charge in [0.15, 0.2) is 0 Å². The lowest BCUT2D eigenvalue weighted by Gasteiger charge is -2.36. The number of likely N-dealkylation sites (tertiary alicyclic amines) is 1. The number of nitrogens with two attached hydrogens (primary N) is 1. The summed E-state index contributed by atoms with van der Waals surface area (Å²) in [7, 11) is 1.50. The summed E-state index contributed by atoms with van der Waals surface area (Å²) < 4.78 is 6.69. The number of amides is 2. The highest BCUT2D eigenvalue weighted by molar-refractivity contribution is 6.02. The summed E-state index contributed by atoms with van der Waals surface area (Å²) in [6, 6.07) is 4.27. The van der Waals surface area contributed by atoms with E-state index in [0.717, 1.165) is 17.5 Å². The van der Waals surface area contributed by atoms with Crippen molar-refractivity contribution in [2.45, 2.75) is 32.2 Å². The van der Waals surface area contributed by atoms with Gasteiger partial charge in [0, 0.05) is 48.8 Å². The van der Waals surface area contributed by atoms with Gasteiger partial charge in [0.05, 0.1) is 36.1 Å². The first kappa shape index (κ1) is 22.6. The minimum atomic E-state index is -0.881. The van der Waals surface area contributed by atoms with Crippen molar-refractivity contribution in [1.82, 2.24) is 24.5 Å². The molecule has 1 aliphatic carbocycles. The average molecular weight is 475 g/mol. The summed E-state index contributed by atoms with van der Waals surface area (Å²) >= 11 is 0. The molecule has 2 aliphatic rings. The molecular formula is C24H26N8O3. The first-order valence-corrected chi connectivity index (χ1v) is 11.5. The molecule has 11 nitrogen and oxygen atoms in total. The van der Waals surface area contributed by atoms with Crippen molar-refractivity contribution >= 4 is 23.0 Å². The Morgan fingerprint density at radius 2 is 1.97 bits per heavy atom. The summed E-state index contributed by atoms with van der Waals surface area (Å²) in [5.41, 5.74) is 7.84. The summed E-state index contributed by atoms with van der Waals surface area (Å²) in [4.78, 5) is 35.4. The molecule has 2 atom stereocenters. The normalized spacial score (nSPS) is 20.8. The molecule has 4 heterocycles. The fourth-order valence-electron chi connectivity index (χ4n) is 4.84. The molecule has 180 valence electrons. The van der Waals surface area contributed by atoms with E-state index in [9.17, 15) is 14.9 Å². The van der Waals surface area contributed by atoms with Crippen molar-refractivity contribution in [2.75, 3.05) is 25.5 Å². The number of nitriles is 1. The van der Waals surface area contributed by atoms with E-state index in [1.807, 2.05) is 19.2 Å². The van der Waals surface area contributed by atoms with Crippen molar-refractivity contribution in [3.8, 4) is 23.2 Å². The van der Waals surface area contributed by atoms with E-state index in [1.165, 1.54) is 13.3 Å². The Labute approximate surface area is 201 Å². The highest BCUT2D eigenvalue weighted by Crippen LogP contribution is 2.43. The zero-order valence-electron chi connectivity index (χ0n) is 19.6. The molecule has 0 spiro atoms. The van der Waals surface area contributed by atoms with Crippen LogP contribution >= 0.6 is 0 Å². The van der Waals surface area contributed by atoms with Crippen LogP contribution in [0.25, 0.3) is 16.6 Å². The topological polar surface area (TPSA) is 152 Å². The Kier molecular flexibility index (Phi) is 5.51. The number of carbonyl (C=O) groups excluding carboxylic acids is 2. The second-order valence-corrected chi connectivity index (χ2v) is 9.30. The van der Waals surface area contributed by atoms with Gasteiger partial charge in [0.1, 0.15) is 5.41 Å². The molecule has 3 N–H and O–H groups in total. The van der Waals surface area contributed by atoms with Crippen molar-refractivity contribution in [1.29, 1.82) is 5.26 Å². The molecule has 0 unspecified atom stereocenters. The maximum Gasteiger partial charge on any atom is 0.316 e. The lowest BCUT2D eigenvalue weighted by molar-refractivity contribution is -0.142. The zero-order chi connectivity index (χ0) is 24.7. The molecule has 0 bridgehead atoms. The van der Waals surface area contributed by atoms with E-state index < -0.39 is 11.3 Å². The number of primary amides is 1. The smallest absolute Gasteiger partial charge is 0.316 e. The largest absolute Gasteiger partial charge is 0.467 e. The van der Waals surface area contributed by atoms with Gasteiger partial charge in [-0.25, -0.2) is 14.5 Å². The third kappa shape index (κ3) is 3.80. The number of anilines is 1. The van der Waals surface area contributed by atoms with Gasteiger partial charge >= 0.3 is 6.01 Å². The number of aromatic nitrogens is 4. The molecule has 2 fully saturated rings. The summed E-state index contributed by atoms with van der Waals surface area (Å²) in [6.07, 6.45) is 8.68. The lowest BCUT2D eigenvalue weighted by atomic mass is 9.69. The quantitative estimate of drug-likeness (QED) is 0.549. The number of carbonyl (C=O) groups is 2. The van der Waals surface area contributed by atoms with E-state index in [2.05, 4.69) is 26.5 Å². The van der Waals surface area contributed by atoms with Crippen LogP contribution in [0.1, 0.15) is 36.5 Å². The Bertz CT molecular complexity index is 1340. The predicted octanol–water partition coefficient (Wildman–Crippen LogP) is 1.85. The minimum Gasteiger partial charge on any atom is -0.467 e. The van der Waals surface area contributed by atoms with E-state index >= 15 is 0 Å². The maximum atomic E-state index is 13.1. The van der Waals surface area contributed by atoms with Gasteiger partial charge in [-0.1, -0.05) is 6.92 Å². The van der Waals surface area contributed by atoms with Gasteiger partial charge in [0.25, 0.3) is 5.91 Å². The van der Waals surface area contributed by atoms with E-state index in [0.29, 0.717) is 37.1 Å². The number of ether oxygens (including phenoxy) is 1. The molecule has 2 amide bonds. The van der Waals surface area contributed by atoms with Crippen LogP contribution in [-0.2, 0) is 4.79 Å². The van der Waals surface area contributed by atoms with Crippen molar-refractivity contribution in [3.63, 3.8) is 0 Å². The van der Waals surface area contributed by atoms with Crippen molar-refractivity contribution in [3.05, 3.63) is 36.4 Å². The van der Waals surface area contributed by atoms with Crippen LogP contribution in [0.2, 0.25) is 0 Å². The van der Waals surface area contributed by atoms with Crippen LogP contribution < -0.4 is 15.8 Å². The molecule has 35 heavy (non-hydrogen) atoms. The first-order valence-electron chi connectivity index (χ1n) is 11.5. The maximum absolute atomic E-state index is 13.1. The molecule has 0 aromatic carbocycles. The van der Waals surface area contributed by atoms with Crippen LogP contribution in [0.3, 0.4) is 0 Å². The molecule has 0 radical (unpaired) electrons. The summed E-state index contributed by atoms with van der Waals surface area (Å²) in [6.45, 7) is 3.03. The standard InChI is InChI=1S/C24H26N8O3/c1-14-10-31(22(34)24(13-25)4-3-5-24)12-18(14)30-20-17(21(26)33)9-29-32-11-15(6-19(20)32)16-7-27-23(35-2)28-8-16/h6-9,11,14,18,30H,3-5,10,12H2,1-2H3,(H2,26,33)/t14-,18-/m1/s1. The van der Waals surface area contributed by atoms with Gasteiger partial charge in [-0.15, -0.1) is 0 Å². The molecule has 3 aromatic rings. The Hall–Kier alpha value is -4.20. The van der Waals surface area contributed by atoms with Gasteiger partial charge in [-0.05, 0) is 31.2 Å². The third-order valence-electron chi connectivity index (χ3n) is 7.11. The number of fused-ring (bicyclic) bond motifs is 1. The predicted molar refractivity (Wildman–Crippen MR) is 126 cm³/mol. The van der Waals surface area contributed by atoms with Crippen LogP contribution in [-0.4, -0.2) is 62.5 Å². The number of methoxy groups -OCH3 is 1. The minimum absolute atomic E-state index is 0.0955. The van der Waals surface area contributed by atoms with Gasteiger partial charge in [-0.2, -0.15) is 10.4 Å². The molecule has 1 saturated heterocycles. The molecular weight excluding hydrogens is 448 g/mol. The fourth-order valence-corrected chi connectivity index (χ4v) is 4.84. The second kappa shape index (κ2) is 8.54. The molecule has 11 heteroatoms. The summed E-state index contributed by atoms with van der Waals surface area (Å²) in [5, 5.41) is 17.4. The van der Waals surface area contributed by atoms with Gasteiger partial charge < -0.3 is 20.7 Å². The van der Waals surface area contributed by atoms with Crippen molar-refractivity contribution < 1.29 is 14.3 Å². The van der Waals surface area contributed by atoms with E-state index in [-0.39, 0.29) is 29.4 Å². The number of nitrogens with zero attached hydrogens (tertiary/aromatic N) is 6. The SMILES string of the molecule is COc1ncc(-c2cc3c(N[C@@H]4CN(C(=O)C5(C#N)CCC5)C[C@H]4C)c(C(N)=O)cnn3c2)cn1. The highest BCUT2D eigenvalue weighted by Gasteiger charge is 2.49. The third-order valence-corrected chi connectivity index (χ3v) is 7.11. The molecule has 1 aliphatic heterocycles. The van der Waals surface area contributed by atoms with Crippen LogP contribution in [0, 0.1) is 22.7 Å². The van der Waals surface area contributed by atoms with Gasteiger partial charge in [-0.3, -0.25) is 9.59 Å². The van der Waals surface area contributed by atoms with Crippen LogP contribution in [0.5, 0.6) is 6.01 Å². The molecule has 5 rings (SSSR count).